The first-order valence-corrected chi connectivity index (χ1v) is 8.16. The molecule has 0 saturated carbocycles. The zero-order chi connectivity index (χ0) is 12.8. The van der Waals surface area contributed by atoms with Gasteiger partial charge in [-0.25, -0.2) is 0 Å². The zero-order valence-corrected chi connectivity index (χ0v) is 12.2. The van der Waals surface area contributed by atoms with Crippen LogP contribution >= 0.6 is 7.14 Å². The summed E-state index contributed by atoms with van der Waals surface area (Å²) in [4.78, 5) is 0. The summed E-state index contributed by atoms with van der Waals surface area (Å²) in [5.41, 5.74) is 0.664. The van der Waals surface area contributed by atoms with Crippen LogP contribution < -0.4 is 0 Å². The Morgan fingerprint density at radius 1 is 1.25 bits per heavy atom. The van der Waals surface area contributed by atoms with Gasteiger partial charge in [-0.05, 0) is 19.8 Å². The first kappa shape index (κ1) is 15.7. The molecule has 0 radical (unpaired) electrons. The van der Waals surface area contributed by atoms with E-state index >= 15 is 0 Å². The lowest BCUT2D eigenvalue weighted by Gasteiger charge is -2.34. The van der Waals surface area contributed by atoms with Crippen molar-refractivity contribution >= 4 is 12.9 Å². The SMILES string of the molecule is CCCP(=O)(CCC)C(C)(C)C/C(C)=N\O. The van der Waals surface area contributed by atoms with Crippen LogP contribution in [-0.2, 0) is 4.57 Å². The predicted octanol–water partition coefficient (Wildman–Crippen LogP) is 4.19. The van der Waals surface area contributed by atoms with E-state index in [4.69, 9.17) is 5.21 Å². The molecule has 0 atom stereocenters. The minimum atomic E-state index is -2.18. The Kier molecular flexibility index (Phi) is 6.32. The van der Waals surface area contributed by atoms with E-state index in [2.05, 4.69) is 19.0 Å². The van der Waals surface area contributed by atoms with Gasteiger partial charge in [0.05, 0.1) is 12.9 Å². The third-order valence-corrected chi connectivity index (χ3v) is 7.84. The first-order valence-electron chi connectivity index (χ1n) is 6.08. The average Bonchev–Trinajstić information content (AvgIpc) is 2.17. The van der Waals surface area contributed by atoms with Gasteiger partial charge >= 0.3 is 0 Å². The fourth-order valence-electron chi connectivity index (χ4n) is 2.25. The first-order chi connectivity index (χ1) is 7.33. The smallest absolute Gasteiger partial charge is 0.0933 e. The van der Waals surface area contributed by atoms with E-state index in [9.17, 15) is 4.57 Å². The lowest BCUT2D eigenvalue weighted by Crippen LogP contribution is -2.26. The van der Waals surface area contributed by atoms with E-state index < -0.39 is 7.14 Å². The molecule has 96 valence electrons. The van der Waals surface area contributed by atoms with Crippen LogP contribution in [0.15, 0.2) is 5.16 Å². The van der Waals surface area contributed by atoms with Crippen molar-refractivity contribution in [2.45, 2.75) is 59.0 Å². The van der Waals surface area contributed by atoms with Crippen molar-refractivity contribution in [2.75, 3.05) is 12.3 Å². The molecule has 0 amide bonds. The Balaban J connectivity index is 4.95. The molecule has 0 fully saturated rings. The van der Waals surface area contributed by atoms with Gasteiger partial charge in [-0.15, -0.1) is 0 Å². The fourth-order valence-corrected chi connectivity index (χ4v) is 5.64. The monoisotopic (exact) mass is 247 g/mol. The minimum Gasteiger partial charge on any atom is -0.411 e. The van der Waals surface area contributed by atoms with Crippen molar-refractivity contribution in [1.29, 1.82) is 0 Å². The van der Waals surface area contributed by atoms with Gasteiger partial charge in [-0.3, -0.25) is 0 Å². The third-order valence-electron chi connectivity index (χ3n) is 3.13. The molecular formula is C12H26NO2P. The summed E-state index contributed by atoms with van der Waals surface area (Å²) in [5, 5.41) is 11.7. The van der Waals surface area contributed by atoms with Crippen molar-refractivity contribution in [3.8, 4) is 0 Å². The normalized spacial score (nSPS) is 14.2. The Labute approximate surface area is 99.7 Å². The lowest BCUT2D eigenvalue weighted by molar-refractivity contribution is 0.316. The molecule has 0 spiro atoms. The third kappa shape index (κ3) is 3.93. The minimum absolute atomic E-state index is 0.255. The van der Waals surface area contributed by atoms with Gasteiger partial charge in [0.15, 0.2) is 0 Å². The van der Waals surface area contributed by atoms with Crippen LogP contribution in [-0.4, -0.2) is 28.4 Å². The van der Waals surface area contributed by atoms with Crippen molar-refractivity contribution in [3.63, 3.8) is 0 Å². The van der Waals surface area contributed by atoms with Gasteiger partial charge in [0.25, 0.3) is 0 Å². The van der Waals surface area contributed by atoms with Crippen LogP contribution in [0.3, 0.4) is 0 Å². The number of nitrogens with zero attached hydrogens (tertiary/aromatic N) is 1. The van der Waals surface area contributed by atoms with E-state index in [0.29, 0.717) is 12.1 Å². The van der Waals surface area contributed by atoms with Gasteiger partial charge < -0.3 is 9.77 Å². The van der Waals surface area contributed by atoms with Crippen LogP contribution in [0.2, 0.25) is 0 Å². The molecule has 4 heteroatoms. The fraction of sp³-hybridized carbons (Fsp3) is 0.917. The van der Waals surface area contributed by atoms with Gasteiger partial charge in [0.1, 0.15) is 0 Å². The van der Waals surface area contributed by atoms with Gasteiger partial charge in [-0.2, -0.15) is 0 Å². The molecule has 0 aromatic carbocycles. The molecule has 0 unspecified atom stereocenters. The Hall–Kier alpha value is -0.300. The quantitative estimate of drug-likeness (QED) is 0.317. The molecule has 0 heterocycles. The van der Waals surface area contributed by atoms with Crippen molar-refractivity contribution in [1.82, 2.24) is 0 Å². The number of rotatable bonds is 7. The van der Waals surface area contributed by atoms with E-state index in [1.807, 2.05) is 13.8 Å². The van der Waals surface area contributed by atoms with E-state index in [1.165, 1.54) is 0 Å². The molecule has 0 saturated heterocycles. The molecule has 0 aliphatic heterocycles. The topological polar surface area (TPSA) is 49.7 Å². The maximum atomic E-state index is 12.9. The maximum absolute atomic E-state index is 12.9. The highest BCUT2D eigenvalue weighted by Gasteiger charge is 2.38. The number of hydrogen-bond acceptors (Lipinski definition) is 3. The summed E-state index contributed by atoms with van der Waals surface area (Å²) in [6.07, 6.45) is 4.12. The lowest BCUT2D eigenvalue weighted by atomic mass is 10.1. The van der Waals surface area contributed by atoms with Crippen LogP contribution in [0, 0.1) is 0 Å². The summed E-state index contributed by atoms with van der Waals surface area (Å²) >= 11 is 0. The highest BCUT2D eigenvalue weighted by atomic mass is 31.2. The molecule has 0 rings (SSSR count). The van der Waals surface area contributed by atoms with Gasteiger partial charge in [0, 0.05) is 23.9 Å². The van der Waals surface area contributed by atoms with Crippen LogP contribution in [0.1, 0.15) is 53.9 Å². The van der Waals surface area contributed by atoms with Crippen molar-refractivity contribution in [3.05, 3.63) is 0 Å². The standard InChI is InChI=1S/C12H26NO2P/c1-6-8-16(15,9-7-2)12(4,5)10-11(3)13-14/h14H,6-10H2,1-5H3/b13-11-. The Morgan fingerprint density at radius 3 is 2.00 bits per heavy atom. The summed E-state index contributed by atoms with van der Waals surface area (Å²) in [5.74, 6) is 0. The summed E-state index contributed by atoms with van der Waals surface area (Å²) < 4.78 is 12.9. The molecule has 0 aromatic rings. The van der Waals surface area contributed by atoms with E-state index in [-0.39, 0.29) is 5.16 Å². The number of oxime groups is 1. The van der Waals surface area contributed by atoms with Crippen LogP contribution in [0.4, 0.5) is 0 Å². The highest BCUT2D eigenvalue weighted by molar-refractivity contribution is 7.65. The van der Waals surface area contributed by atoms with Gasteiger partial charge in [0.2, 0.25) is 0 Å². The van der Waals surface area contributed by atoms with E-state index in [0.717, 1.165) is 25.2 Å². The molecule has 16 heavy (non-hydrogen) atoms. The van der Waals surface area contributed by atoms with E-state index in [1.54, 1.807) is 6.92 Å². The summed E-state index contributed by atoms with van der Waals surface area (Å²) in [6, 6.07) is 0. The molecule has 0 bridgehead atoms. The number of hydrogen-bond donors (Lipinski definition) is 1. The molecule has 3 nitrogen and oxygen atoms in total. The van der Waals surface area contributed by atoms with Crippen LogP contribution in [0.25, 0.3) is 0 Å². The second-order valence-corrected chi connectivity index (χ2v) is 9.04. The van der Waals surface area contributed by atoms with Crippen LogP contribution in [0.5, 0.6) is 0 Å². The van der Waals surface area contributed by atoms with Crippen molar-refractivity contribution < 1.29 is 9.77 Å². The molecule has 0 aliphatic carbocycles. The Bertz CT molecular complexity index is 275. The Morgan fingerprint density at radius 2 is 1.69 bits per heavy atom. The predicted molar refractivity (Wildman–Crippen MR) is 71.5 cm³/mol. The second-order valence-electron chi connectivity index (χ2n) is 5.16. The summed E-state index contributed by atoms with van der Waals surface area (Å²) in [6.45, 7) is 10.0. The molecule has 0 aromatic heterocycles. The average molecular weight is 247 g/mol. The maximum Gasteiger partial charge on any atom is 0.0933 e. The van der Waals surface area contributed by atoms with Gasteiger partial charge in [-0.1, -0.05) is 32.9 Å². The zero-order valence-electron chi connectivity index (χ0n) is 11.3. The molecule has 1 N–H and O–H groups in total. The van der Waals surface area contributed by atoms with Crippen molar-refractivity contribution in [2.24, 2.45) is 5.16 Å². The summed E-state index contributed by atoms with van der Waals surface area (Å²) in [7, 11) is -2.18. The second kappa shape index (κ2) is 6.44. The largest absolute Gasteiger partial charge is 0.411 e. The molecular weight excluding hydrogens is 221 g/mol. The molecule has 0 aliphatic rings. The highest BCUT2D eigenvalue weighted by Crippen LogP contribution is 2.60.